The van der Waals surface area contributed by atoms with Gasteiger partial charge in [0.15, 0.2) is 0 Å². The molecule has 0 amide bonds. The second-order valence-corrected chi connectivity index (χ2v) is 4.26. The molecule has 1 N–H and O–H groups in total. The molecule has 0 fully saturated rings. The maximum Gasteiger partial charge on any atom is 0.0702 e. The van der Waals surface area contributed by atoms with Gasteiger partial charge in [0.05, 0.1) is 13.2 Å². The molecule has 0 aliphatic carbocycles. The Morgan fingerprint density at radius 3 is 2.80 bits per heavy atom. The van der Waals surface area contributed by atoms with Crippen LogP contribution in [0.25, 0.3) is 0 Å². The Balaban J connectivity index is 2.82. The highest BCUT2D eigenvalue weighted by Crippen LogP contribution is 2.23. The van der Waals surface area contributed by atoms with Crippen LogP contribution in [0, 0.1) is 0 Å². The third-order valence-corrected chi connectivity index (χ3v) is 2.75. The van der Waals surface area contributed by atoms with Crippen LogP contribution >= 0.6 is 15.9 Å². The molecule has 3 nitrogen and oxygen atoms in total. The summed E-state index contributed by atoms with van der Waals surface area (Å²) in [5.74, 6) is 0. The van der Waals surface area contributed by atoms with Crippen LogP contribution in [-0.2, 0) is 11.3 Å². The molecular formula is C11H16BrNO2. The van der Waals surface area contributed by atoms with Crippen molar-refractivity contribution in [3.05, 3.63) is 28.2 Å². The Kier molecular flexibility index (Phi) is 5.08. The number of ether oxygens (including phenoxy) is 1. The lowest BCUT2D eigenvalue weighted by Crippen LogP contribution is -2.23. The number of aliphatic hydroxyl groups is 1. The third-order valence-electron chi connectivity index (χ3n) is 2.25. The minimum atomic E-state index is 0.0477. The largest absolute Gasteiger partial charge is 0.392 e. The second-order valence-electron chi connectivity index (χ2n) is 3.35. The summed E-state index contributed by atoms with van der Waals surface area (Å²) in [6, 6.07) is 5.89. The lowest BCUT2D eigenvalue weighted by Gasteiger charge is -2.21. The number of aliphatic hydroxyl groups excluding tert-OH is 1. The average molecular weight is 274 g/mol. The Morgan fingerprint density at radius 1 is 1.47 bits per heavy atom. The van der Waals surface area contributed by atoms with Gasteiger partial charge < -0.3 is 14.7 Å². The van der Waals surface area contributed by atoms with E-state index in [-0.39, 0.29) is 6.61 Å². The van der Waals surface area contributed by atoms with E-state index in [1.54, 1.807) is 7.11 Å². The van der Waals surface area contributed by atoms with Crippen LogP contribution in [0.1, 0.15) is 5.56 Å². The van der Waals surface area contributed by atoms with E-state index < -0.39 is 0 Å². The summed E-state index contributed by atoms with van der Waals surface area (Å²) in [6.07, 6.45) is 0. The third kappa shape index (κ3) is 3.48. The van der Waals surface area contributed by atoms with Gasteiger partial charge in [-0.2, -0.15) is 0 Å². The first-order chi connectivity index (χ1) is 7.19. The molecule has 0 unspecified atom stereocenters. The number of hydrogen-bond acceptors (Lipinski definition) is 3. The number of nitrogens with zero attached hydrogens (tertiary/aromatic N) is 1. The molecule has 0 spiro atoms. The summed E-state index contributed by atoms with van der Waals surface area (Å²) < 4.78 is 6.00. The number of rotatable bonds is 5. The van der Waals surface area contributed by atoms with Crippen molar-refractivity contribution >= 4 is 21.6 Å². The molecule has 0 heterocycles. The van der Waals surface area contributed by atoms with Crippen molar-refractivity contribution in [1.82, 2.24) is 0 Å². The fourth-order valence-electron chi connectivity index (χ4n) is 1.40. The van der Waals surface area contributed by atoms with Crippen LogP contribution in [0.2, 0.25) is 0 Å². The van der Waals surface area contributed by atoms with Crippen LogP contribution in [-0.4, -0.2) is 32.4 Å². The molecule has 0 aliphatic heterocycles. The standard InChI is InChI=1S/C11H16BrNO2/c1-13(5-6-15-2)11-4-3-10(12)7-9(11)8-14/h3-4,7,14H,5-6,8H2,1-2H3. The lowest BCUT2D eigenvalue weighted by molar-refractivity contribution is 0.206. The van der Waals surface area contributed by atoms with E-state index in [0.717, 1.165) is 22.3 Å². The Hall–Kier alpha value is -0.580. The molecule has 0 aliphatic rings. The van der Waals surface area contributed by atoms with E-state index in [1.165, 1.54) is 0 Å². The maximum absolute atomic E-state index is 9.24. The van der Waals surface area contributed by atoms with Crippen molar-refractivity contribution < 1.29 is 9.84 Å². The zero-order valence-corrected chi connectivity index (χ0v) is 10.6. The van der Waals surface area contributed by atoms with Crippen LogP contribution in [0.15, 0.2) is 22.7 Å². The summed E-state index contributed by atoms with van der Waals surface area (Å²) in [5.41, 5.74) is 1.96. The van der Waals surface area contributed by atoms with Gasteiger partial charge in [-0.3, -0.25) is 0 Å². The van der Waals surface area contributed by atoms with Crippen LogP contribution in [0.4, 0.5) is 5.69 Å². The fourth-order valence-corrected chi connectivity index (χ4v) is 1.81. The Bertz CT molecular complexity index is 317. The molecule has 4 heteroatoms. The molecule has 1 aromatic rings. The maximum atomic E-state index is 9.24. The zero-order chi connectivity index (χ0) is 11.3. The predicted octanol–water partition coefficient (Wildman–Crippen LogP) is 2.02. The summed E-state index contributed by atoms with van der Waals surface area (Å²) in [7, 11) is 3.67. The number of anilines is 1. The van der Waals surface area contributed by atoms with Gasteiger partial charge in [-0.1, -0.05) is 15.9 Å². The molecule has 0 radical (unpaired) electrons. The van der Waals surface area contributed by atoms with E-state index in [2.05, 4.69) is 20.8 Å². The first-order valence-electron chi connectivity index (χ1n) is 4.78. The van der Waals surface area contributed by atoms with Gasteiger partial charge in [0.2, 0.25) is 0 Å². The summed E-state index contributed by atoms with van der Waals surface area (Å²) in [5, 5.41) is 9.24. The van der Waals surface area contributed by atoms with Crippen molar-refractivity contribution in [2.75, 3.05) is 32.2 Å². The summed E-state index contributed by atoms with van der Waals surface area (Å²) in [4.78, 5) is 2.07. The highest BCUT2D eigenvalue weighted by Gasteiger charge is 2.06. The average Bonchev–Trinajstić information content (AvgIpc) is 2.25. The Labute approximate surface area is 98.8 Å². The van der Waals surface area contributed by atoms with Crippen LogP contribution < -0.4 is 4.90 Å². The molecule has 15 heavy (non-hydrogen) atoms. The number of hydrogen-bond donors (Lipinski definition) is 1. The predicted molar refractivity (Wildman–Crippen MR) is 65.2 cm³/mol. The minimum Gasteiger partial charge on any atom is -0.392 e. The van der Waals surface area contributed by atoms with Crippen molar-refractivity contribution in [2.45, 2.75) is 6.61 Å². The monoisotopic (exact) mass is 273 g/mol. The van der Waals surface area contributed by atoms with Gasteiger partial charge in [0.25, 0.3) is 0 Å². The SMILES string of the molecule is COCCN(C)c1ccc(Br)cc1CO. The molecule has 1 rings (SSSR count). The van der Waals surface area contributed by atoms with Gasteiger partial charge in [0, 0.05) is 36.4 Å². The molecule has 0 atom stereocenters. The van der Waals surface area contributed by atoms with Crippen LogP contribution in [0.5, 0.6) is 0 Å². The Morgan fingerprint density at radius 2 is 2.20 bits per heavy atom. The fraction of sp³-hybridized carbons (Fsp3) is 0.455. The van der Waals surface area contributed by atoms with Gasteiger partial charge in [-0.25, -0.2) is 0 Å². The first kappa shape index (κ1) is 12.5. The molecule has 0 aromatic heterocycles. The van der Waals surface area contributed by atoms with E-state index in [0.29, 0.717) is 6.61 Å². The minimum absolute atomic E-state index is 0.0477. The van der Waals surface area contributed by atoms with E-state index in [9.17, 15) is 5.11 Å². The number of benzene rings is 1. The van der Waals surface area contributed by atoms with Crippen molar-refractivity contribution in [1.29, 1.82) is 0 Å². The van der Waals surface area contributed by atoms with Gasteiger partial charge in [-0.15, -0.1) is 0 Å². The van der Waals surface area contributed by atoms with E-state index in [1.807, 2.05) is 25.2 Å². The van der Waals surface area contributed by atoms with E-state index in [4.69, 9.17) is 4.74 Å². The number of methoxy groups -OCH3 is 1. The molecule has 0 bridgehead atoms. The smallest absolute Gasteiger partial charge is 0.0702 e. The summed E-state index contributed by atoms with van der Waals surface area (Å²) >= 11 is 3.38. The second kappa shape index (κ2) is 6.10. The highest BCUT2D eigenvalue weighted by atomic mass is 79.9. The normalized spacial score (nSPS) is 10.4. The van der Waals surface area contributed by atoms with Gasteiger partial charge in [-0.05, 0) is 18.2 Å². The van der Waals surface area contributed by atoms with Crippen molar-refractivity contribution in [3.63, 3.8) is 0 Å². The van der Waals surface area contributed by atoms with Crippen molar-refractivity contribution in [2.24, 2.45) is 0 Å². The lowest BCUT2D eigenvalue weighted by atomic mass is 10.2. The van der Waals surface area contributed by atoms with E-state index >= 15 is 0 Å². The number of likely N-dealkylation sites (N-methyl/N-ethyl adjacent to an activating group) is 1. The molecule has 0 saturated heterocycles. The molecule has 0 saturated carbocycles. The molecular weight excluding hydrogens is 258 g/mol. The zero-order valence-electron chi connectivity index (χ0n) is 9.03. The molecule has 1 aromatic carbocycles. The van der Waals surface area contributed by atoms with Gasteiger partial charge >= 0.3 is 0 Å². The summed E-state index contributed by atoms with van der Waals surface area (Å²) in [6.45, 7) is 1.54. The highest BCUT2D eigenvalue weighted by molar-refractivity contribution is 9.10. The first-order valence-corrected chi connectivity index (χ1v) is 5.57. The van der Waals surface area contributed by atoms with Crippen LogP contribution in [0.3, 0.4) is 0 Å². The quantitative estimate of drug-likeness (QED) is 0.891. The van der Waals surface area contributed by atoms with Gasteiger partial charge in [0.1, 0.15) is 0 Å². The number of halogens is 1. The van der Waals surface area contributed by atoms with Crippen molar-refractivity contribution in [3.8, 4) is 0 Å². The topological polar surface area (TPSA) is 32.7 Å². The molecule has 84 valence electrons.